The number of nitrogens with two attached hydrogens (primary N) is 1. The summed E-state index contributed by atoms with van der Waals surface area (Å²) in [5.41, 5.74) is 8.36. The van der Waals surface area contributed by atoms with Crippen LogP contribution in [0.2, 0.25) is 0 Å². The van der Waals surface area contributed by atoms with Crippen molar-refractivity contribution in [1.29, 1.82) is 0 Å². The Hall–Kier alpha value is -2.83. The highest BCUT2D eigenvalue weighted by atomic mass is 16.5. The van der Waals surface area contributed by atoms with Crippen LogP contribution in [0.5, 0.6) is 0 Å². The van der Waals surface area contributed by atoms with Crippen LogP contribution in [0.1, 0.15) is 42.7 Å². The Morgan fingerprint density at radius 2 is 2.11 bits per heavy atom. The molecule has 0 unspecified atom stereocenters. The molecule has 144 valence electrons. The first-order chi connectivity index (χ1) is 13.1. The molecule has 7 nitrogen and oxygen atoms in total. The number of nitrogens with zero attached hydrogens (tertiary/aromatic N) is 4. The van der Waals surface area contributed by atoms with Crippen LogP contribution in [0.25, 0.3) is 5.69 Å². The first-order valence-electron chi connectivity index (χ1n) is 9.43. The van der Waals surface area contributed by atoms with E-state index in [1.807, 2.05) is 24.3 Å². The van der Waals surface area contributed by atoms with Crippen LogP contribution >= 0.6 is 0 Å². The third-order valence-corrected chi connectivity index (χ3v) is 4.78. The molecule has 0 saturated carbocycles. The van der Waals surface area contributed by atoms with Gasteiger partial charge in [-0.05, 0) is 49.4 Å². The second-order valence-corrected chi connectivity index (χ2v) is 6.88. The van der Waals surface area contributed by atoms with E-state index in [1.165, 1.54) is 0 Å². The van der Waals surface area contributed by atoms with Crippen LogP contribution in [-0.4, -0.2) is 46.3 Å². The van der Waals surface area contributed by atoms with Crippen molar-refractivity contribution < 1.29 is 9.53 Å². The maximum absolute atomic E-state index is 11.8. The summed E-state index contributed by atoms with van der Waals surface area (Å²) in [6.07, 6.45) is 4.07. The van der Waals surface area contributed by atoms with Gasteiger partial charge in [0.2, 0.25) is 0 Å². The maximum atomic E-state index is 11.8. The topological polar surface area (TPSA) is 85.7 Å². The normalized spacial score (nSPS) is 15.8. The van der Waals surface area contributed by atoms with Gasteiger partial charge in [-0.1, -0.05) is 19.1 Å². The van der Waals surface area contributed by atoms with Gasteiger partial charge in [-0.3, -0.25) is 0 Å². The molecule has 1 aromatic heterocycles. The van der Waals surface area contributed by atoms with Crippen LogP contribution in [0, 0.1) is 5.92 Å². The number of piperidine rings is 1. The van der Waals surface area contributed by atoms with E-state index in [9.17, 15) is 4.79 Å². The van der Waals surface area contributed by atoms with Crippen molar-refractivity contribution in [3.05, 3.63) is 47.8 Å². The summed E-state index contributed by atoms with van der Waals surface area (Å²) in [4.78, 5) is 18.5. The van der Waals surface area contributed by atoms with E-state index in [0.717, 1.165) is 43.1 Å². The molecular weight excluding hydrogens is 342 g/mol. The molecule has 3 rings (SSSR count). The summed E-state index contributed by atoms with van der Waals surface area (Å²) >= 11 is 0. The van der Waals surface area contributed by atoms with E-state index in [0.29, 0.717) is 24.8 Å². The van der Waals surface area contributed by atoms with Crippen molar-refractivity contribution in [3.8, 4) is 5.69 Å². The second-order valence-electron chi connectivity index (χ2n) is 6.88. The fourth-order valence-electron chi connectivity index (χ4n) is 3.09. The number of aromatic nitrogens is 2. The average molecular weight is 369 g/mol. The van der Waals surface area contributed by atoms with Crippen molar-refractivity contribution >= 4 is 11.9 Å². The molecule has 0 atom stereocenters. The molecule has 1 fully saturated rings. The van der Waals surface area contributed by atoms with Crippen molar-refractivity contribution in [3.63, 3.8) is 0 Å². The number of hydrogen-bond acceptors (Lipinski definition) is 4. The Morgan fingerprint density at radius 3 is 2.85 bits per heavy atom. The summed E-state index contributed by atoms with van der Waals surface area (Å²) in [6, 6.07) is 9.54. The van der Waals surface area contributed by atoms with Gasteiger partial charge in [0.1, 0.15) is 0 Å². The summed E-state index contributed by atoms with van der Waals surface area (Å²) in [5.74, 6) is 0.955. The van der Waals surface area contributed by atoms with E-state index in [2.05, 4.69) is 21.9 Å². The Bertz CT molecular complexity index is 806. The summed E-state index contributed by atoms with van der Waals surface area (Å²) in [6.45, 7) is 6.84. The molecule has 27 heavy (non-hydrogen) atoms. The SMILES string of the molecule is CCOC(=O)c1ccn(-c2cccc(CN=C(N)N3CCC(C)CC3)c2)n1. The number of aliphatic imine (C=N–C) groups is 1. The monoisotopic (exact) mass is 369 g/mol. The number of likely N-dealkylation sites (tertiary alicyclic amines) is 1. The van der Waals surface area contributed by atoms with Gasteiger partial charge in [0.15, 0.2) is 11.7 Å². The zero-order valence-corrected chi connectivity index (χ0v) is 16.0. The molecule has 0 spiro atoms. The number of carbonyl (C=O) groups is 1. The van der Waals surface area contributed by atoms with Crippen molar-refractivity contribution in [2.75, 3.05) is 19.7 Å². The molecule has 0 amide bonds. The molecule has 1 saturated heterocycles. The first kappa shape index (κ1) is 18.9. The number of esters is 1. The largest absolute Gasteiger partial charge is 0.461 e. The Labute approximate surface area is 159 Å². The fourth-order valence-corrected chi connectivity index (χ4v) is 3.09. The molecular formula is C20H27N5O2. The van der Waals surface area contributed by atoms with Crippen LogP contribution in [-0.2, 0) is 11.3 Å². The van der Waals surface area contributed by atoms with E-state index in [-0.39, 0.29) is 0 Å². The summed E-state index contributed by atoms with van der Waals surface area (Å²) < 4.78 is 6.64. The Balaban J connectivity index is 1.67. The molecule has 0 bridgehead atoms. The standard InChI is InChI=1S/C20H27N5O2/c1-3-27-19(26)18-9-12-25(23-18)17-6-4-5-16(13-17)14-22-20(21)24-10-7-15(2)8-11-24/h4-6,9,12-13,15H,3,7-8,10-11,14H2,1-2H3,(H2,21,22). The first-order valence-corrected chi connectivity index (χ1v) is 9.43. The Kier molecular flexibility index (Phi) is 6.11. The van der Waals surface area contributed by atoms with Crippen molar-refractivity contribution in [1.82, 2.24) is 14.7 Å². The third kappa shape index (κ3) is 4.87. The predicted molar refractivity (Wildman–Crippen MR) is 105 cm³/mol. The number of carbonyl (C=O) groups excluding carboxylic acids is 1. The van der Waals surface area contributed by atoms with E-state index in [1.54, 1.807) is 23.9 Å². The molecule has 2 N–H and O–H groups in total. The van der Waals surface area contributed by atoms with Gasteiger partial charge in [-0.15, -0.1) is 0 Å². The molecule has 7 heteroatoms. The second kappa shape index (κ2) is 8.70. The number of ether oxygens (including phenoxy) is 1. The van der Waals surface area contributed by atoms with Crippen LogP contribution < -0.4 is 5.73 Å². The lowest BCUT2D eigenvalue weighted by Gasteiger charge is -2.31. The lowest BCUT2D eigenvalue weighted by molar-refractivity contribution is 0.0519. The molecule has 0 radical (unpaired) electrons. The van der Waals surface area contributed by atoms with Gasteiger partial charge in [-0.2, -0.15) is 5.10 Å². The average Bonchev–Trinajstić information content (AvgIpc) is 3.17. The quantitative estimate of drug-likeness (QED) is 0.497. The molecule has 2 heterocycles. The van der Waals surface area contributed by atoms with Gasteiger partial charge < -0.3 is 15.4 Å². The summed E-state index contributed by atoms with van der Waals surface area (Å²) in [5, 5.41) is 4.29. The zero-order chi connectivity index (χ0) is 19.2. The van der Waals surface area contributed by atoms with Crippen molar-refractivity contribution in [2.45, 2.75) is 33.2 Å². The van der Waals surface area contributed by atoms with E-state index >= 15 is 0 Å². The predicted octanol–water partition coefficient (Wildman–Crippen LogP) is 2.60. The van der Waals surface area contributed by atoms with Crippen molar-refractivity contribution in [2.24, 2.45) is 16.6 Å². The lowest BCUT2D eigenvalue weighted by Crippen LogP contribution is -2.42. The highest BCUT2D eigenvalue weighted by Crippen LogP contribution is 2.16. The summed E-state index contributed by atoms with van der Waals surface area (Å²) in [7, 11) is 0. The highest BCUT2D eigenvalue weighted by molar-refractivity contribution is 5.87. The number of guanidine groups is 1. The molecule has 1 aliphatic rings. The highest BCUT2D eigenvalue weighted by Gasteiger charge is 2.17. The maximum Gasteiger partial charge on any atom is 0.358 e. The fraction of sp³-hybridized carbons (Fsp3) is 0.450. The lowest BCUT2D eigenvalue weighted by atomic mass is 10.00. The van der Waals surface area contributed by atoms with E-state index in [4.69, 9.17) is 10.5 Å². The van der Waals surface area contributed by atoms with Gasteiger partial charge in [0, 0.05) is 19.3 Å². The van der Waals surface area contributed by atoms with Gasteiger partial charge in [-0.25, -0.2) is 14.5 Å². The van der Waals surface area contributed by atoms with Crippen LogP contribution in [0.15, 0.2) is 41.5 Å². The number of rotatable bonds is 5. The van der Waals surface area contributed by atoms with Gasteiger partial charge in [0.05, 0.1) is 18.8 Å². The number of hydrogen-bond donors (Lipinski definition) is 1. The number of benzene rings is 1. The molecule has 0 aliphatic carbocycles. The van der Waals surface area contributed by atoms with E-state index < -0.39 is 5.97 Å². The minimum Gasteiger partial charge on any atom is -0.461 e. The van der Waals surface area contributed by atoms with Gasteiger partial charge >= 0.3 is 5.97 Å². The smallest absolute Gasteiger partial charge is 0.358 e. The zero-order valence-electron chi connectivity index (χ0n) is 16.0. The van der Waals surface area contributed by atoms with Crippen LogP contribution in [0.3, 0.4) is 0 Å². The van der Waals surface area contributed by atoms with Crippen LogP contribution in [0.4, 0.5) is 0 Å². The minimum atomic E-state index is -0.416. The third-order valence-electron chi connectivity index (χ3n) is 4.78. The minimum absolute atomic E-state index is 0.295. The molecule has 1 aromatic carbocycles. The Morgan fingerprint density at radius 1 is 1.33 bits per heavy atom. The molecule has 2 aromatic rings. The molecule has 1 aliphatic heterocycles. The van der Waals surface area contributed by atoms with Gasteiger partial charge in [0.25, 0.3) is 0 Å².